The fourth-order valence-electron chi connectivity index (χ4n) is 4.04. The summed E-state index contributed by atoms with van der Waals surface area (Å²) in [6.07, 6.45) is 4.06. The van der Waals surface area contributed by atoms with Gasteiger partial charge in [0.25, 0.3) is 5.91 Å². The van der Waals surface area contributed by atoms with Crippen molar-refractivity contribution in [2.75, 3.05) is 19.7 Å². The lowest BCUT2D eigenvalue weighted by Gasteiger charge is -2.21. The van der Waals surface area contributed by atoms with E-state index in [0.29, 0.717) is 48.1 Å². The van der Waals surface area contributed by atoms with Crippen LogP contribution in [-0.2, 0) is 17.6 Å². The molecule has 1 amide bonds. The van der Waals surface area contributed by atoms with Gasteiger partial charge >= 0.3 is 5.97 Å². The van der Waals surface area contributed by atoms with Crippen LogP contribution < -0.4 is 0 Å². The largest absolute Gasteiger partial charge is 0.461 e. The number of rotatable bonds is 4. The van der Waals surface area contributed by atoms with Crippen LogP contribution in [0, 0.1) is 13.8 Å². The van der Waals surface area contributed by atoms with Gasteiger partial charge in [0.05, 0.1) is 17.9 Å². The van der Waals surface area contributed by atoms with Gasteiger partial charge in [-0.15, -0.1) is 0 Å². The second kappa shape index (κ2) is 6.87. The number of carbonyl (C=O) groups is 2. The Bertz CT molecular complexity index is 891. The zero-order valence-electron chi connectivity index (χ0n) is 16.1. The number of ether oxygens (including phenoxy) is 1. The van der Waals surface area contributed by atoms with Gasteiger partial charge in [0, 0.05) is 36.8 Å². The molecule has 2 N–H and O–H groups in total. The van der Waals surface area contributed by atoms with E-state index in [0.717, 1.165) is 12.8 Å². The minimum Gasteiger partial charge on any atom is -0.461 e. The molecular formula is C20H26N4O3. The number of carbonyl (C=O) groups excluding carboxylic acids is 2. The number of nitrogens with one attached hydrogen (secondary N) is 2. The van der Waals surface area contributed by atoms with Crippen molar-refractivity contribution in [1.82, 2.24) is 20.1 Å². The Morgan fingerprint density at radius 3 is 2.67 bits per heavy atom. The van der Waals surface area contributed by atoms with Gasteiger partial charge in [-0.05, 0) is 51.2 Å². The molecule has 0 saturated heterocycles. The molecule has 0 atom stereocenters. The van der Waals surface area contributed by atoms with Crippen molar-refractivity contribution in [3.05, 3.63) is 39.5 Å². The van der Waals surface area contributed by atoms with Crippen LogP contribution in [0.2, 0.25) is 0 Å². The van der Waals surface area contributed by atoms with E-state index in [2.05, 4.69) is 15.2 Å². The average molecular weight is 370 g/mol. The van der Waals surface area contributed by atoms with E-state index >= 15 is 0 Å². The number of aromatic amines is 2. The highest BCUT2D eigenvalue weighted by Crippen LogP contribution is 2.41. The van der Waals surface area contributed by atoms with Gasteiger partial charge < -0.3 is 14.6 Å². The third kappa shape index (κ3) is 3.15. The Kier molecular flexibility index (Phi) is 4.53. The molecule has 3 heterocycles. The summed E-state index contributed by atoms with van der Waals surface area (Å²) in [6.45, 7) is 7.03. The number of hydrogen-bond acceptors (Lipinski definition) is 4. The first-order valence-corrected chi connectivity index (χ1v) is 9.72. The van der Waals surface area contributed by atoms with Crippen LogP contribution in [0.3, 0.4) is 0 Å². The SMILES string of the molecule is CCOC(=O)c1[nH]c(C)c(C(=O)N2CCc3[nH]nc(C4CC4)c3CC2)c1C. The molecule has 7 nitrogen and oxygen atoms in total. The Morgan fingerprint density at radius 1 is 1.22 bits per heavy atom. The fourth-order valence-corrected chi connectivity index (χ4v) is 4.04. The van der Waals surface area contributed by atoms with Gasteiger partial charge in [0.1, 0.15) is 5.69 Å². The number of amides is 1. The number of fused-ring (bicyclic) bond motifs is 1. The van der Waals surface area contributed by atoms with E-state index in [4.69, 9.17) is 4.74 Å². The van der Waals surface area contributed by atoms with Crippen LogP contribution >= 0.6 is 0 Å². The number of H-pyrrole nitrogens is 2. The molecule has 2 aromatic rings. The molecule has 2 aromatic heterocycles. The molecule has 0 spiro atoms. The first-order chi connectivity index (χ1) is 13.0. The van der Waals surface area contributed by atoms with Gasteiger partial charge in [-0.3, -0.25) is 9.89 Å². The Labute approximate surface area is 158 Å². The second-order valence-corrected chi connectivity index (χ2v) is 7.48. The third-order valence-electron chi connectivity index (χ3n) is 5.63. The summed E-state index contributed by atoms with van der Waals surface area (Å²) in [6, 6.07) is 0. The maximum Gasteiger partial charge on any atom is 0.355 e. The average Bonchev–Trinajstić information content (AvgIpc) is 3.38. The standard InChI is InChI=1S/C20H26N4O3/c1-4-27-20(26)17-11(2)16(12(3)21-17)19(25)24-9-7-14-15(8-10-24)22-23-18(14)13-5-6-13/h13,21H,4-10H2,1-3H3,(H,22,23). The van der Waals surface area contributed by atoms with Crippen LogP contribution in [0.25, 0.3) is 0 Å². The molecule has 0 radical (unpaired) electrons. The van der Waals surface area contributed by atoms with Crippen molar-refractivity contribution in [2.45, 2.75) is 52.4 Å². The van der Waals surface area contributed by atoms with Crippen molar-refractivity contribution in [3.8, 4) is 0 Å². The van der Waals surface area contributed by atoms with E-state index in [1.165, 1.54) is 29.8 Å². The van der Waals surface area contributed by atoms with Crippen molar-refractivity contribution in [2.24, 2.45) is 0 Å². The van der Waals surface area contributed by atoms with Crippen molar-refractivity contribution in [3.63, 3.8) is 0 Å². The molecule has 0 unspecified atom stereocenters. The minimum absolute atomic E-state index is 0.0251. The highest BCUT2D eigenvalue weighted by molar-refractivity contribution is 6.01. The molecule has 2 aliphatic rings. The number of aryl methyl sites for hydroxylation is 1. The first kappa shape index (κ1) is 17.8. The summed E-state index contributed by atoms with van der Waals surface area (Å²) in [5.74, 6) is 0.166. The number of aromatic nitrogens is 3. The molecule has 1 aliphatic carbocycles. The Hall–Kier alpha value is -2.57. The summed E-state index contributed by atoms with van der Waals surface area (Å²) < 4.78 is 5.09. The van der Waals surface area contributed by atoms with E-state index < -0.39 is 5.97 Å². The van der Waals surface area contributed by atoms with Crippen molar-refractivity contribution in [1.29, 1.82) is 0 Å². The van der Waals surface area contributed by atoms with Gasteiger partial charge in [0.2, 0.25) is 0 Å². The van der Waals surface area contributed by atoms with E-state index in [1.807, 2.05) is 11.8 Å². The van der Waals surface area contributed by atoms with Crippen LogP contribution in [0.4, 0.5) is 0 Å². The van der Waals surface area contributed by atoms with Gasteiger partial charge in [-0.1, -0.05) is 0 Å². The van der Waals surface area contributed by atoms with E-state index in [1.54, 1.807) is 13.8 Å². The zero-order valence-corrected chi connectivity index (χ0v) is 16.1. The normalized spacial score (nSPS) is 16.8. The van der Waals surface area contributed by atoms with Crippen molar-refractivity contribution >= 4 is 11.9 Å². The predicted molar refractivity (Wildman–Crippen MR) is 100 cm³/mol. The van der Waals surface area contributed by atoms with Gasteiger partial charge in [-0.2, -0.15) is 5.10 Å². The number of esters is 1. The quantitative estimate of drug-likeness (QED) is 0.810. The molecule has 27 heavy (non-hydrogen) atoms. The van der Waals surface area contributed by atoms with E-state index in [-0.39, 0.29) is 5.91 Å². The summed E-state index contributed by atoms with van der Waals surface area (Å²) in [5.41, 5.74) is 6.02. The topological polar surface area (TPSA) is 91.1 Å². The molecule has 1 fully saturated rings. The maximum atomic E-state index is 13.2. The van der Waals surface area contributed by atoms with E-state index in [9.17, 15) is 9.59 Å². The molecule has 4 rings (SSSR count). The van der Waals surface area contributed by atoms with Gasteiger partial charge in [-0.25, -0.2) is 4.79 Å². The summed E-state index contributed by atoms with van der Waals surface area (Å²) >= 11 is 0. The molecular weight excluding hydrogens is 344 g/mol. The Balaban J connectivity index is 1.54. The van der Waals surface area contributed by atoms with Crippen LogP contribution in [0.5, 0.6) is 0 Å². The molecule has 7 heteroatoms. The van der Waals surface area contributed by atoms with Crippen LogP contribution in [0.15, 0.2) is 0 Å². The lowest BCUT2D eigenvalue weighted by Crippen LogP contribution is -2.34. The monoisotopic (exact) mass is 370 g/mol. The number of hydrogen-bond donors (Lipinski definition) is 2. The molecule has 1 aliphatic heterocycles. The molecule has 144 valence electrons. The first-order valence-electron chi connectivity index (χ1n) is 9.72. The predicted octanol–water partition coefficient (Wildman–Crippen LogP) is 2.65. The lowest BCUT2D eigenvalue weighted by molar-refractivity contribution is 0.0519. The minimum atomic E-state index is -0.414. The summed E-state index contributed by atoms with van der Waals surface area (Å²) in [4.78, 5) is 30.3. The molecule has 0 bridgehead atoms. The highest BCUT2D eigenvalue weighted by Gasteiger charge is 2.32. The Morgan fingerprint density at radius 2 is 1.96 bits per heavy atom. The van der Waals surface area contributed by atoms with Gasteiger partial charge in [0.15, 0.2) is 0 Å². The van der Waals surface area contributed by atoms with Crippen molar-refractivity contribution < 1.29 is 14.3 Å². The third-order valence-corrected chi connectivity index (χ3v) is 5.63. The molecule has 1 saturated carbocycles. The smallest absolute Gasteiger partial charge is 0.355 e. The van der Waals surface area contributed by atoms with Crippen LogP contribution in [0.1, 0.15) is 74.7 Å². The lowest BCUT2D eigenvalue weighted by atomic mass is 10.1. The maximum absolute atomic E-state index is 13.2. The zero-order chi connectivity index (χ0) is 19.1. The molecule has 0 aromatic carbocycles. The number of nitrogens with zero attached hydrogens (tertiary/aromatic N) is 2. The fraction of sp³-hybridized carbons (Fsp3) is 0.550. The second-order valence-electron chi connectivity index (χ2n) is 7.48. The highest BCUT2D eigenvalue weighted by atomic mass is 16.5. The summed E-state index contributed by atoms with van der Waals surface area (Å²) in [7, 11) is 0. The summed E-state index contributed by atoms with van der Waals surface area (Å²) in [5, 5.41) is 7.70. The van der Waals surface area contributed by atoms with Crippen LogP contribution in [-0.4, -0.2) is 51.7 Å².